The molecule has 0 spiro atoms. The van der Waals surface area contributed by atoms with Crippen molar-refractivity contribution in [3.05, 3.63) is 0 Å². The van der Waals surface area contributed by atoms with E-state index in [9.17, 15) is 9.59 Å². The van der Waals surface area contributed by atoms with Gasteiger partial charge in [0.25, 0.3) is 0 Å². The zero-order valence-electron chi connectivity index (χ0n) is 15.6. The topological polar surface area (TPSA) is 58.6 Å². The lowest BCUT2D eigenvalue weighted by Gasteiger charge is -2.36. The molecular formula is C19H34N2O3. The van der Waals surface area contributed by atoms with Crippen molar-refractivity contribution in [3.63, 3.8) is 0 Å². The average molecular weight is 338 g/mol. The van der Waals surface area contributed by atoms with Crippen molar-refractivity contribution >= 4 is 11.8 Å². The summed E-state index contributed by atoms with van der Waals surface area (Å²) in [6.07, 6.45) is 8.23. The van der Waals surface area contributed by atoms with E-state index in [0.717, 1.165) is 38.8 Å². The maximum Gasteiger partial charge on any atom is 0.225 e. The number of piperidine rings is 1. The minimum absolute atomic E-state index is 0.0941. The van der Waals surface area contributed by atoms with E-state index in [2.05, 4.69) is 5.32 Å². The number of carbonyl (C=O) groups excluding carboxylic acids is 2. The molecule has 0 bridgehead atoms. The maximum atomic E-state index is 12.6. The molecule has 24 heavy (non-hydrogen) atoms. The first kappa shape index (κ1) is 19.2. The van der Waals surface area contributed by atoms with Crippen LogP contribution in [0.4, 0.5) is 0 Å². The number of nitrogens with one attached hydrogen (secondary N) is 1. The van der Waals surface area contributed by atoms with E-state index in [1.165, 1.54) is 19.3 Å². The van der Waals surface area contributed by atoms with Gasteiger partial charge in [-0.1, -0.05) is 33.1 Å². The molecule has 1 aliphatic carbocycles. The Morgan fingerprint density at radius 1 is 1.08 bits per heavy atom. The minimum atomic E-state index is -0.412. The van der Waals surface area contributed by atoms with Crippen molar-refractivity contribution in [1.82, 2.24) is 10.2 Å². The molecule has 2 rings (SSSR count). The Morgan fingerprint density at radius 2 is 1.71 bits per heavy atom. The van der Waals surface area contributed by atoms with Crippen LogP contribution in [-0.4, -0.2) is 49.6 Å². The van der Waals surface area contributed by atoms with Gasteiger partial charge in [-0.2, -0.15) is 0 Å². The number of likely N-dealkylation sites (tertiary alicyclic amines) is 1. The van der Waals surface area contributed by atoms with Gasteiger partial charge in [-0.15, -0.1) is 0 Å². The van der Waals surface area contributed by atoms with Crippen molar-refractivity contribution in [2.75, 3.05) is 26.8 Å². The number of ether oxygens (including phenoxy) is 1. The lowest BCUT2D eigenvalue weighted by Crippen LogP contribution is -2.50. The number of rotatable bonds is 6. The van der Waals surface area contributed by atoms with Gasteiger partial charge in [0, 0.05) is 44.2 Å². The summed E-state index contributed by atoms with van der Waals surface area (Å²) in [6, 6.07) is 0.190. The van der Waals surface area contributed by atoms with Crippen molar-refractivity contribution in [3.8, 4) is 0 Å². The Hall–Kier alpha value is -1.10. The van der Waals surface area contributed by atoms with E-state index in [1.807, 2.05) is 18.7 Å². The van der Waals surface area contributed by atoms with E-state index < -0.39 is 5.41 Å². The molecule has 5 nitrogen and oxygen atoms in total. The summed E-state index contributed by atoms with van der Waals surface area (Å²) in [5, 5.41) is 3.17. The first-order valence-corrected chi connectivity index (χ1v) is 9.53. The molecule has 1 aliphatic heterocycles. The molecule has 1 saturated carbocycles. The molecule has 2 amide bonds. The zero-order chi connectivity index (χ0) is 17.6. The fourth-order valence-electron chi connectivity index (χ4n) is 3.70. The van der Waals surface area contributed by atoms with Gasteiger partial charge in [-0.3, -0.25) is 9.59 Å². The summed E-state index contributed by atoms with van der Waals surface area (Å²) < 4.78 is 5.09. The van der Waals surface area contributed by atoms with Gasteiger partial charge >= 0.3 is 0 Å². The summed E-state index contributed by atoms with van der Waals surface area (Å²) in [7, 11) is 1.66. The van der Waals surface area contributed by atoms with E-state index in [4.69, 9.17) is 4.74 Å². The highest BCUT2D eigenvalue weighted by atomic mass is 16.5. The highest BCUT2D eigenvalue weighted by Gasteiger charge is 2.32. The summed E-state index contributed by atoms with van der Waals surface area (Å²) in [5.41, 5.74) is -0.412. The monoisotopic (exact) mass is 338 g/mol. The highest BCUT2D eigenvalue weighted by molar-refractivity contribution is 5.82. The summed E-state index contributed by atoms with van der Waals surface area (Å²) in [4.78, 5) is 27.1. The second kappa shape index (κ2) is 8.84. The van der Waals surface area contributed by atoms with E-state index in [0.29, 0.717) is 18.9 Å². The highest BCUT2D eigenvalue weighted by Crippen LogP contribution is 2.27. The van der Waals surface area contributed by atoms with Gasteiger partial charge in [0.05, 0.1) is 0 Å². The Labute approximate surface area is 146 Å². The molecular weight excluding hydrogens is 304 g/mol. The van der Waals surface area contributed by atoms with Crippen LogP contribution in [0.5, 0.6) is 0 Å². The first-order valence-electron chi connectivity index (χ1n) is 9.53. The fraction of sp³-hybridized carbons (Fsp3) is 0.895. The maximum absolute atomic E-state index is 12.6. The van der Waals surface area contributed by atoms with Gasteiger partial charge < -0.3 is 15.0 Å². The molecule has 2 fully saturated rings. The van der Waals surface area contributed by atoms with Crippen LogP contribution in [0.3, 0.4) is 0 Å². The predicted molar refractivity (Wildman–Crippen MR) is 94.6 cm³/mol. The third-order valence-electron chi connectivity index (χ3n) is 5.64. The smallest absolute Gasteiger partial charge is 0.225 e. The van der Waals surface area contributed by atoms with Crippen molar-refractivity contribution in [2.24, 2.45) is 11.3 Å². The Morgan fingerprint density at radius 3 is 2.29 bits per heavy atom. The predicted octanol–water partition coefficient (Wildman–Crippen LogP) is 2.74. The standard InChI is InChI=1S/C19H34N2O3/c1-19(2,11-14-24-3)18(23)20-16-9-12-21(13-10-16)17(22)15-7-5-4-6-8-15/h15-16H,4-14H2,1-3H3,(H,20,23). The SMILES string of the molecule is COCCC(C)(C)C(=O)NC1CCN(C(=O)C2CCCCC2)CC1. The molecule has 1 N–H and O–H groups in total. The second-order valence-electron chi connectivity index (χ2n) is 8.03. The van der Waals surface area contributed by atoms with Crippen LogP contribution in [0.2, 0.25) is 0 Å². The van der Waals surface area contributed by atoms with Crippen LogP contribution in [0.1, 0.15) is 65.2 Å². The van der Waals surface area contributed by atoms with Gasteiger partial charge in [0.1, 0.15) is 0 Å². The second-order valence-corrected chi connectivity index (χ2v) is 8.03. The third kappa shape index (κ3) is 5.20. The molecule has 0 aromatic heterocycles. The van der Waals surface area contributed by atoms with Crippen LogP contribution in [-0.2, 0) is 14.3 Å². The minimum Gasteiger partial charge on any atom is -0.385 e. The number of hydrogen-bond acceptors (Lipinski definition) is 3. The molecule has 5 heteroatoms. The normalized spacial score (nSPS) is 20.9. The summed E-state index contributed by atoms with van der Waals surface area (Å²) in [6.45, 7) is 6.07. The van der Waals surface area contributed by atoms with Gasteiger partial charge in [-0.05, 0) is 32.1 Å². The van der Waals surface area contributed by atoms with Crippen molar-refractivity contribution < 1.29 is 14.3 Å². The number of hydrogen-bond donors (Lipinski definition) is 1. The van der Waals surface area contributed by atoms with Gasteiger partial charge in [0.15, 0.2) is 0 Å². The Balaban J connectivity index is 1.76. The first-order chi connectivity index (χ1) is 11.4. The zero-order valence-corrected chi connectivity index (χ0v) is 15.6. The van der Waals surface area contributed by atoms with Crippen LogP contribution in [0, 0.1) is 11.3 Å². The number of amides is 2. The Bertz CT molecular complexity index is 422. The van der Waals surface area contributed by atoms with Crippen LogP contribution in [0.25, 0.3) is 0 Å². The van der Waals surface area contributed by atoms with Crippen LogP contribution >= 0.6 is 0 Å². The third-order valence-corrected chi connectivity index (χ3v) is 5.64. The van der Waals surface area contributed by atoms with Crippen molar-refractivity contribution in [2.45, 2.75) is 71.3 Å². The average Bonchev–Trinajstić information content (AvgIpc) is 2.60. The molecule has 0 aromatic rings. The molecule has 1 saturated heterocycles. The number of methoxy groups -OCH3 is 1. The van der Waals surface area contributed by atoms with Crippen molar-refractivity contribution in [1.29, 1.82) is 0 Å². The van der Waals surface area contributed by atoms with E-state index in [-0.39, 0.29) is 17.9 Å². The lowest BCUT2D eigenvalue weighted by molar-refractivity contribution is -0.138. The Kier molecular flexibility index (Phi) is 7.08. The number of nitrogens with zero attached hydrogens (tertiary/aromatic N) is 1. The molecule has 0 atom stereocenters. The molecule has 0 aromatic carbocycles. The molecule has 1 heterocycles. The molecule has 0 unspecified atom stereocenters. The van der Waals surface area contributed by atoms with Crippen LogP contribution in [0.15, 0.2) is 0 Å². The van der Waals surface area contributed by atoms with Gasteiger partial charge in [0.2, 0.25) is 11.8 Å². The van der Waals surface area contributed by atoms with Crippen LogP contribution < -0.4 is 5.32 Å². The largest absolute Gasteiger partial charge is 0.385 e. The fourth-order valence-corrected chi connectivity index (χ4v) is 3.70. The molecule has 138 valence electrons. The summed E-state index contributed by atoms with van der Waals surface area (Å²) >= 11 is 0. The molecule has 2 aliphatic rings. The molecule has 0 radical (unpaired) electrons. The summed E-state index contributed by atoms with van der Waals surface area (Å²) in [5.74, 6) is 0.689. The van der Waals surface area contributed by atoms with Gasteiger partial charge in [-0.25, -0.2) is 0 Å². The lowest BCUT2D eigenvalue weighted by atomic mass is 9.87. The number of carbonyl (C=O) groups is 2. The van der Waals surface area contributed by atoms with E-state index in [1.54, 1.807) is 7.11 Å². The quantitative estimate of drug-likeness (QED) is 0.810. The van der Waals surface area contributed by atoms with E-state index >= 15 is 0 Å².